The fourth-order valence-electron chi connectivity index (χ4n) is 3.04. The summed E-state index contributed by atoms with van der Waals surface area (Å²) in [7, 11) is 0. The van der Waals surface area contributed by atoms with Gasteiger partial charge in [0.25, 0.3) is 11.5 Å². The molecule has 28 heavy (non-hydrogen) atoms. The van der Waals surface area contributed by atoms with Gasteiger partial charge in [-0.25, -0.2) is 9.67 Å². The topological polar surface area (TPSA) is 81.3 Å². The molecule has 0 atom stereocenters. The zero-order chi connectivity index (χ0) is 19.7. The van der Waals surface area contributed by atoms with Crippen LogP contribution in [0.1, 0.15) is 27.2 Å². The molecule has 140 valence electrons. The van der Waals surface area contributed by atoms with Crippen molar-refractivity contribution in [2.45, 2.75) is 20.4 Å². The second kappa shape index (κ2) is 7.11. The van der Waals surface area contributed by atoms with Crippen molar-refractivity contribution in [1.29, 1.82) is 0 Å². The lowest BCUT2D eigenvalue weighted by molar-refractivity contribution is 0.102. The Morgan fingerprint density at radius 2 is 1.89 bits per heavy atom. The second-order valence-corrected chi connectivity index (χ2v) is 6.68. The number of hydrogen-bond donors (Lipinski definition) is 1. The van der Waals surface area contributed by atoms with E-state index in [1.807, 2.05) is 44.2 Å². The first-order valence-electron chi connectivity index (χ1n) is 8.89. The first kappa shape index (κ1) is 17.7. The maximum Gasteiger partial charge on any atom is 0.270 e. The Balaban J connectivity index is 1.64. The number of rotatable bonds is 4. The molecule has 1 N–H and O–H groups in total. The molecule has 0 aliphatic carbocycles. The van der Waals surface area contributed by atoms with Crippen LogP contribution in [0.15, 0.2) is 65.7 Å². The third-order valence-electron chi connectivity index (χ3n) is 4.43. The lowest BCUT2D eigenvalue weighted by Crippen LogP contribution is -2.27. The van der Waals surface area contributed by atoms with Gasteiger partial charge in [-0.1, -0.05) is 30.3 Å². The van der Waals surface area contributed by atoms with E-state index in [4.69, 9.17) is 0 Å². The van der Waals surface area contributed by atoms with Crippen LogP contribution in [0.5, 0.6) is 0 Å². The number of fused-ring (bicyclic) bond motifs is 1. The van der Waals surface area contributed by atoms with Crippen molar-refractivity contribution in [2.24, 2.45) is 0 Å². The van der Waals surface area contributed by atoms with Crippen LogP contribution in [-0.2, 0) is 6.54 Å². The van der Waals surface area contributed by atoms with E-state index in [1.54, 1.807) is 29.1 Å². The van der Waals surface area contributed by atoms with Crippen molar-refractivity contribution in [2.75, 3.05) is 5.32 Å². The molecular weight excluding hydrogens is 354 g/mol. The monoisotopic (exact) mass is 373 g/mol. The van der Waals surface area contributed by atoms with Crippen molar-refractivity contribution in [3.63, 3.8) is 0 Å². The summed E-state index contributed by atoms with van der Waals surface area (Å²) in [5.74, 6) is 0.0152. The summed E-state index contributed by atoms with van der Waals surface area (Å²) in [6.07, 6.45) is 2.94. The molecule has 3 aromatic heterocycles. The first-order valence-corrected chi connectivity index (χ1v) is 8.89. The Morgan fingerprint density at radius 1 is 1.11 bits per heavy atom. The van der Waals surface area contributed by atoms with Crippen LogP contribution in [0.3, 0.4) is 0 Å². The lowest BCUT2D eigenvalue weighted by Gasteiger charge is -2.09. The Morgan fingerprint density at radius 3 is 2.68 bits per heavy atom. The Bertz CT molecular complexity index is 1220. The molecular formula is C21H19N5O2. The number of carbonyl (C=O) groups is 1. The summed E-state index contributed by atoms with van der Waals surface area (Å²) in [6, 6.07) is 15.2. The van der Waals surface area contributed by atoms with Gasteiger partial charge in [0.1, 0.15) is 17.0 Å². The fraction of sp³-hybridized carbons (Fsp3) is 0.143. The van der Waals surface area contributed by atoms with E-state index < -0.39 is 11.5 Å². The van der Waals surface area contributed by atoms with Crippen LogP contribution in [0, 0.1) is 13.8 Å². The molecule has 0 fully saturated rings. The van der Waals surface area contributed by atoms with E-state index in [0.29, 0.717) is 18.0 Å². The van der Waals surface area contributed by atoms with Gasteiger partial charge in [0.05, 0.1) is 12.2 Å². The van der Waals surface area contributed by atoms with Crippen molar-refractivity contribution < 1.29 is 4.79 Å². The summed E-state index contributed by atoms with van der Waals surface area (Å²) >= 11 is 0. The first-order chi connectivity index (χ1) is 13.5. The number of aromatic nitrogens is 4. The maximum atomic E-state index is 12.8. The molecule has 3 heterocycles. The molecule has 4 aromatic rings. The molecule has 0 radical (unpaired) electrons. The number of carbonyl (C=O) groups excluding carboxylic acids is 1. The van der Waals surface area contributed by atoms with Gasteiger partial charge in [-0.05, 0) is 37.1 Å². The highest BCUT2D eigenvalue weighted by Crippen LogP contribution is 2.14. The SMILES string of the molecule is Cc1ccn2c(=O)c(C(=O)Nc3cc(C)nn3Cc3ccccc3)cnc2c1. The largest absolute Gasteiger partial charge is 0.307 e. The fourth-order valence-corrected chi connectivity index (χ4v) is 3.04. The van der Waals surface area contributed by atoms with Crippen LogP contribution in [-0.4, -0.2) is 25.1 Å². The highest BCUT2D eigenvalue weighted by Gasteiger charge is 2.16. The van der Waals surface area contributed by atoms with Gasteiger partial charge in [-0.15, -0.1) is 0 Å². The Labute approximate surface area is 161 Å². The highest BCUT2D eigenvalue weighted by atomic mass is 16.2. The lowest BCUT2D eigenvalue weighted by atomic mass is 10.2. The predicted molar refractivity (Wildman–Crippen MR) is 107 cm³/mol. The molecule has 0 aliphatic heterocycles. The average Bonchev–Trinajstić information content (AvgIpc) is 3.01. The summed E-state index contributed by atoms with van der Waals surface area (Å²) in [5, 5.41) is 7.23. The van der Waals surface area contributed by atoms with Gasteiger partial charge in [-0.2, -0.15) is 5.10 Å². The third kappa shape index (κ3) is 3.42. The number of aryl methyl sites for hydroxylation is 2. The summed E-state index contributed by atoms with van der Waals surface area (Å²) in [4.78, 5) is 29.7. The van der Waals surface area contributed by atoms with Gasteiger partial charge in [0, 0.05) is 18.5 Å². The van der Waals surface area contributed by atoms with Crippen LogP contribution < -0.4 is 10.9 Å². The number of amides is 1. The number of nitrogens with zero attached hydrogens (tertiary/aromatic N) is 4. The minimum atomic E-state index is -0.512. The number of hydrogen-bond acceptors (Lipinski definition) is 4. The van der Waals surface area contributed by atoms with E-state index in [9.17, 15) is 9.59 Å². The molecule has 1 aromatic carbocycles. The normalized spacial score (nSPS) is 10.9. The van der Waals surface area contributed by atoms with Gasteiger partial charge in [0.15, 0.2) is 0 Å². The van der Waals surface area contributed by atoms with Gasteiger partial charge in [0.2, 0.25) is 0 Å². The molecule has 7 nitrogen and oxygen atoms in total. The van der Waals surface area contributed by atoms with Crippen molar-refractivity contribution in [3.8, 4) is 0 Å². The van der Waals surface area contributed by atoms with E-state index in [-0.39, 0.29) is 5.56 Å². The zero-order valence-electron chi connectivity index (χ0n) is 15.6. The number of anilines is 1. The summed E-state index contributed by atoms with van der Waals surface area (Å²) < 4.78 is 3.08. The molecule has 4 rings (SSSR count). The molecule has 7 heteroatoms. The minimum absolute atomic E-state index is 0.0218. The zero-order valence-corrected chi connectivity index (χ0v) is 15.6. The van der Waals surface area contributed by atoms with Crippen LogP contribution in [0.2, 0.25) is 0 Å². The van der Waals surface area contributed by atoms with E-state index in [2.05, 4.69) is 15.4 Å². The van der Waals surface area contributed by atoms with E-state index in [1.165, 1.54) is 10.6 Å². The molecule has 0 saturated carbocycles. The molecule has 0 unspecified atom stereocenters. The summed E-state index contributed by atoms with van der Waals surface area (Å²) in [5.41, 5.74) is 2.90. The van der Waals surface area contributed by atoms with Crippen LogP contribution in [0.4, 0.5) is 5.82 Å². The third-order valence-corrected chi connectivity index (χ3v) is 4.43. The smallest absolute Gasteiger partial charge is 0.270 e. The molecule has 0 bridgehead atoms. The standard InChI is InChI=1S/C21H19N5O2/c1-14-8-9-25-18(10-14)22-12-17(21(25)28)20(27)23-19-11-15(2)24-26(19)13-16-6-4-3-5-7-16/h3-12H,13H2,1-2H3,(H,23,27). The minimum Gasteiger partial charge on any atom is -0.307 e. The van der Waals surface area contributed by atoms with Crippen molar-refractivity contribution in [3.05, 3.63) is 93.7 Å². The molecule has 0 aliphatic rings. The van der Waals surface area contributed by atoms with Gasteiger partial charge < -0.3 is 5.32 Å². The number of benzene rings is 1. The number of pyridine rings is 1. The van der Waals surface area contributed by atoms with Crippen molar-refractivity contribution in [1.82, 2.24) is 19.2 Å². The Hall–Kier alpha value is -3.74. The van der Waals surface area contributed by atoms with Crippen LogP contribution >= 0.6 is 0 Å². The predicted octanol–water partition coefficient (Wildman–Crippen LogP) is 2.81. The average molecular weight is 373 g/mol. The molecule has 1 amide bonds. The summed E-state index contributed by atoms with van der Waals surface area (Å²) in [6.45, 7) is 4.29. The number of nitrogens with one attached hydrogen (secondary N) is 1. The highest BCUT2D eigenvalue weighted by molar-refractivity contribution is 6.03. The van der Waals surface area contributed by atoms with E-state index >= 15 is 0 Å². The quantitative estimate of drug-likeness (QED) is 0.596. The maximum absolute atomic E-state index is 12.8. The van der Waals surface area contributed by atoms with Crippen molar-refractivity contribution >= 4 is 17.4 Å². The molecule has 0 saturated heterocycles. The van der Waals surface area contributed by atoms with Gasteiger partial charge >= 0.3 is 0 Å². The van der Waals surface area contributed by atoms with Gasteiger partial charge in [-0.3, -0.25) is 14.0 Å². The molecule has 0 spiro atoms. The van der Waals surface area contributed by atoms with Crippen LogP contribution in [0.25, 0.3) is 5.65 Å². The second-order valence-electron chi connectivity index (χ2n) is 6.68. The Kier molecular flexibility index (Phi) is 4.49. The van der Waals surface area contributed by atoms with E-state index in [0.717, 1.165) is 16.8 Å².